The third kappa shape index (κ3) is 5.84. The second-order valence-electron chi connectivity index (χ2n) is 5.81. The van der Waals surface area contributed by atoms with Gasteiger partial charge in [-0.05, 0) is 43.9 Å². The third-order valence-electron chi connectivity index (χ3n) is 3.51. The standard InChI is InChI=1S/C12H25NO3S/c1-12(2)7-5-11(6-8-12)13-17(15,16)10-4-3-9-14/h11,13-14H,3-10H2,1-2H3. The highest BCUT2D eigenvalue weighted by Gasteiger charge is 2.28. The molecule has 1 rings (SSSR count). The molecule has 0 radical (unpaired) electrons. The number of nitrogens with one attached hydrogen (secondary N) is 1. The van der Waals surface area contributed by atoms with E-state index in [4.69, 9.17) is 5.11 Å². The number of aliphatic hydroxyl groups is 1. The van der Waals surface area contributed by atoms with E-state index < -0.39 is 10.0 Å². The highest BCUT2D eigenvalue weighted by Crippen LogP contribution is 2.35. The molecule has 0 aromatic rings. The summed E-state index contributed by atoms with van der Waals surface area (Å²) in [4.78, 5) is 0. The zero-order valence-electron chi connectivity index (χ0n) is 10.9. The molecule has 1 saturated carbocycles. The fourth-order valence-electron chi connectivity index (χ4n) is 2.23. The normalized spacial score (nSPS) is 21.6. The van der Waals surface area contributed by atoms with E-state index in [1.807, 2.05) is 0 Å². The molecule has 0 unspecified atom stereocenters. The highest BCUT2D eigenvalue weighted by atomic mass is 32.2. The lowest BCUT2D eigenvalue weighted by Crippen LogP contribution is -2.40. The molecule has 1 fully saturated rings. The average molecular weight is 263 g/mol. The summed E-state index contributed by atoms with van der Waals surface area (Å²) in [5.74, 6) is 0.132. The van der Waals surface area contributed by atoms with Crippen molar-refractivity contribution in [2.45, 2.75) is 58.4 Å². The van der Waals surface area contributed by atoms with Gasteiger partial charge in [-0.25, -0.2) is 13.1 Å². The van der Waals surface area contributed by atoms with Crippen molar-refractivity contribution in [3.63, 3.8) is 0 Å². The van der Waals surface area contributed by atoms with E-state index in [2.05, 4.69) is 18.6 Å². The summed E-state index contributed by atoms with van der Waals surface area (Å²) in [5.41, 5.74) is 0.360. The van der Waals surface area contributed by atoms with Gasteiger partial charge < -0.3 is 5.11 Å². The zero-order valence-corrected chi connectivity index (χ0v) is 11.7. The van der Waals surface area contributed by atoms with Crippen LogP contribution in [-0.4, -0.2) is 31.9 Å². The van der Waals surface area contributed by atoms with Gasteiger partial charge in [-0.1, -0.05) is 13.8 Å². The zero-order chi connectivity index (χ0) is 12.9. The van der Waals surface area contributed by atoms with Crippen LogP contribution in [0.4, 0.5) is 0 Å². The molecule has 0 spiro atoms. The number of hydrogen-bond acceptors (Lipinski definition) is 3. The molecule has 17 heavy (non-hydrogen) atoms. The summed E-state index contributed by atoms with van der Waals surface area (Å²) in [7, 11) is -3.15. The Bertz CT molecular complexity index is 315. The average Bonchev–Trinajstić information content (AvgIpc) is 2.21. The van der Waals surface area contributed by atoms with Gasteiger partial charge in [0.05, 0.1) is 5.75 Å². The molecular weight excluding hydrogens is 238 g/mol. The molecule has 0 amide bonds. The summed E-state index contributed by atoms with van der Waals surface area (Å²) in [6, 6.07) is 0.113. The maximum absolute atomic E-state index is 11.7. The first-order valence-electron chi connectivity index (χ1n) is 6.45. The predicted molar refractivity (Wildman–Crippen MR) is 69.3 cm³/mol. The van der Waals surface area contributed by atoms with Crippen molar-refractivity contribution < 1.29 is 13.5 Å². The lowest BCUT2D eigenvalue weighted by Gasteiger charge is -2.34. The largest absolute Gasteiger partial charge is 0.396 e. The van der Waals surface area contributed by atoms with Crippen molar-refractivity contribution in [2.75, 3.05) is 12.4 Å². The first-order valence-corrected chi connectivity index (χ1v) is 8.11. The van der Waals surface area contributed by atoms with E-state index in [1.54, 1.807) is 0 Å². The summed E-state index contributed by atoms with van der Waals surface area (Å²) in [5, 5.41) is 8.63. The van der Waals surface area contributed by atoms with Crippen LogP contribution in [0.25, 0.3) is 0 Å². The number of unbranched alkanes of at least 4 members (excludes halogenated alkanes) is 1. The Morgan fingerprint density at radius 2 is 1.82 bits per heavy atom. The topological polar surface area (TPSA) is 66.4 Å². The molecule has 0 bridgehead atoms. The van der Waals surface area contributed by atoms with E-state index in [0.29, 0.717) is 18.3 Å². The first kappa shape index (κ1) is 14.9. The van der Waals surface area contributed by atoms with Crippen molar-refractivity contribution in [1.29, 1.82) is 0 Å². The Kier molecular flexibility index (Phi) is 5.41. The summed E-state index contributed by atoms with van der Waals surface area (Å²) < 4.78 is 26.3. The fraction of sp³-hybridized carbons (Fsp3) is 1.00. The van der Waals surface area contributed by atoms with Crippen molar-refractivity contribution in [3.8, 4) is 0 Å². The molecule has 0 aromatic heterocycles. The Morgan fingerprint density at radius 3 is 2.35 bits per heavy atom. The van der Waals surface area contributed by atoms with Crippen molar-refractivity contribution in [2.24, 2.45) is 5.41 Å². The molecule has 0 aromatic carbocycles. The minimum Gasteiger partial charge on any atom is -0.396 e. The molecule has 1 aliphatic rings. The van der Waals surface area contributed by atoms with Gasteiger partial charge in [-0.2, -0.15) is 0 Å². The number of aliphatic hydroxyl groups excluding tert-OH is 1. The second-order valence-corrected chi connectivity index (χ2v) is 7.68. The van der Waals surface area contributed by atoms with Gasteiger partial charge in [0.15, 0.2) is 0 Å². The molecule has 2 N–H and O–H groups in total. The molecule has 0 aliphatic heterocycles. The lowest BCUT2D eigenvalue weighted by molar-refractivity contribution is 0.218. The number of sulfonamides is 1. The summed E-state index contributed by atoms with van der Waals surface area (Å²) in [6.45, 7) is 4.53. The first-order chi connectivity index (χ1) is 7.85. The summed E-state index contributed by atoms with van der Waals surface area (Å²) in [6.07, 6.45) is 5.12. The molecule has 0 heterocycles. The monoisotopic (exact) mass is 263 g/mol. The van der Waals surface area contributed by atoms with E-state index in [9.17, 15) is 8.42 Å². The van der Waals surface area contributed by atoms with Gasteiger partial charge in [0, 0.05) is 12.6 Å². The highest BCUT2D eigenvalue weighted by molar-refractivity contribution is 7.89. The maximum atomic E-state index is 11.7. The van der Waals surface area contributed by atoms with Crippen LogP contribution in [0.3, 0.4) is 0 Å². The van der Waals surface area contributed by atoms with E-state index in [0.717, 1.165) is 25.7 Å². The van der Waals surface area contributed by atoms with Crippen LogP contribution in [0.5, 0.6) is 0 Å². The fourth-order valence-corrected chi connectivity index (χ4v) is 3.68. The second kappa shape index (κ2) is 6.16. The van der Waals surface area contributed by atoms with E-state index in [-0.39, 0.29) is 18.4 Å². The molecule has 102 valence electrons. The van der Waals surface area contributed by atoms with Crippen molar-refractivity contribution in [3.05, 3.63) is 0 Å². The Balaban J connectivity index is 2.34. The minimum absolute atomic E-state index is 0.0626. The van der Waals surface area contributed by atoms with Gasteiger partial charge >= 0.3 is 0 Å². The Hall–Kier alpha value is -0.130. The third-order valence-corrected chi connectivity index (χ3v) is 5.03. The van der Waals surface area contributed by atoms with Crippen LogP contribution >= 0.6 is 0 Å². The quantitative estimate of drug-likeness (QED) is 0.716. The van der Waals surface area contributed by atoms with Crippen LogP contribution in [0.1, 0.15) is 52.4 Å². The summed E-state index contributed by atoms with van der Waals surface area (Å²) >= 11 is 0. The van der Waals surface area contributed by atoms with Crippen LogP contribution in [0.2, 0.25) is 0 Å². The van der Waals surface area contributed by atoms with Crippen molar-refractivity contribution >= 4 is 10.0 Å². The van der Waals surface area contributed by atoms with Gasteiger partial charge in [-0.15, -0.1) is 0 Å². The van der Waals surface area contributed by atoms with Gasteiger partial charge in [0.1, 0.15) is 0 Å². The molecular formula is C12H25NO3S. The Labute approximate surface area is 105 Å². The van der Waals surface area contributed by atoms with Crippen LogP contribution in [-0.2, 0) is 10.0 Å². The van der Waals surface area contributed by atoms with E-state index >= 15 is 0 Å². The van der Waals surface area contributed by atoms with Crippen LogP contribution in [0, 0.1) is 5.41 Å². The molecule has 1 aliphatic carbocycles. The van der Waals surface area contributed by atoms with Gasteiger partial charge in [0.25, 0.3) is 0 Å². The number of rotatable bonds is 6. The minimum atomic E-state index is -3.15. The SMILES string of the molecule is CC1(C)CCC(NS(=O)(=O)CCCCO)CC1. The smallest absolute Gasteiger partial charge is 0.211 e. The van der Waals surface area contributed by atoms with Gasteiger partial charge in [0.2, 0.25) is 10.0 Å². The number of hydrogen-bond donors (Lipinski definition) is 2. The lowest BCUT2D eigenvalue weighted by atomic mass is 9.76. The molecule has 0 atom stereocenters. The van der Waals surface area contributed by atoms with Crippen molar-refractivity contribution in [1.82, 2.24) is 4.72 Å². The van der Waals surface area contributed by atoms with Crippen LogP contribution < -0.4 is 4.72 Å². The predicted octanol–water partition coefficient (Wildman–Crippen LogP) is 1.65. The van der Waals surface area contributed by atoms with Gasteiger partial charge in [-0.3, -0.25) is 0 Å². The Morgan fingerprint density at radius 1 is 1.24 bits per heavy atom. The van der Waals surface area contributed by atoms with E-state index in [1.165, 1.54) is 0 Å². The molecule has 0 saturated heterocycles. The van der Waals surface area contributed by atoms with Crippen LogP contribution in [0.15, 0.2) is 0 Å². The molecule has 5 heteroatoms. The molecule has 4 nitrogen and oxygen atoms in total. The maximum Gasteiger partial charge on any atom is 0.211 e.